The first-order valence-corrected chi connectivity index (χ1v) is 6.20. The predicted molar refractivity (Wildman–Crippen MR) is 71.6 cm³/mol. The van der Waals surface area contributed by atoms with E-state index in [1.165, 1.54) is 11.3 Å². The Labute approximate surface area is 111 Å². The second kappa shape index (κ2) is 4.78. The molecular formula is C14H15N3O2. The Balaban J connectivity index is 1.76. The van der Waals surface area contributed by atoms with Gasteiger partial charge in [0.2, 0.25) is 0 Å². The van der Waals surface area contributed by atoms with Crippen LogP contribution in [0, 0.1) is 0 Å². The summed E-state index contributed by atoms with van der Waals surface area (Å²) in [5.41, 5.74) is 4.65. The van der Waals surface area contributed by atoms with Crippen LogP contribution in [-0.4, -0.2) is 12.5 Å². The molecule has 5 heteroatoms. The summed E-state index contributed by atoms with van der Waals surface area (Å²) < 4.78 is 5.48. The third-order valence-electron chi connectivity index (χ3n) is 3.35. The van der Waals surface area contributed by atoms with Crippen molar-refractivity contribution in [3.8, 4) is 0 Å². The number of carbonyl (C=O) groups excluding carboxylic acids is 1. The SMILES string of the molecule is NNC(=O)c1ccc(CN2CCc3ccccc32)o1. The summed E-state index contributed by atoms with van der Waals surface area (Å²) >= 11 is 0. The van der Waals surface area contributed by atoms with Crippen molar-refractivity contribution in [1.29, 1.82) is 0 Å². The molecular weight excluding hydrogens is 242 g/mol. The number of furan rings is 1. The lowest BCUT2D eigenvalue weighted by Crippen LogP contribution is -2.29. The van der Waals surface area contributed by atoms with Crippen LogP contribution in [0.2, 0.25) is 0 Å². The van der Waals surface area contributed by atoms with E-state index in [2.05, 4.69) is 28.5 Å². The molecule has 1 aliphatic heterocycles. The van der Waals surface area contributed by atoms with E-state index in [-0.39, 0.29) is 5.76 Å². The van der Waals surface area contributed by atoms with E-state index in [1.807, 2.05) is 12.1 Å². The smallest absolute Gasteiger partial charge is 0.300 e. The lowest BCUT2D eigenvalue weighted by molar-refractivity contribution is 0.0924. The van der Waals surface area contributed by atoms with Crippen LogP contribution in [0.4, 0.5) is 5.69 Å². The van der Waals surface area contributed by atoms with Crippen molar-refractivity contribution in [2.45, 2.75) is 13.0 Å². The van der Waals surface area contributed by atoms with Crippen molar-refractivity contribution in [3.63, 3.8) is 0 Å². The first-order valence-electron chi connectivity index (χ1n) is 6.20. The summed E-state index contributed by atoms with van der Waals surface area (Å²) in [6.07, 6.45) is 1.05. The van der Waals surface area contributed by atoms with E-state index < -0.39 is 5.91 Å². The van der Waals surface area contributed by atoms with Crippen molar-refractivity contribution < 1.29 is 9.21 Å². The summed E-state index contributed by atoms with van der Waals surface area (Å²) in [5.74, 6) is 5.66. The number of benzene rings is 1. The van der Waals surface area contributed by atoms with E-state index in [0.29, 0.717) is 6.54 Å². The summed E-state index contributed by atoms with van der Waals surface area (Å²) in [6, 6.07) is 11.8. The average Bonchev–Trinajstić information content (AvgIpc) is 3.06. The van der Waals surface area contributed by atoms with Crippen molar-refractivity contribution in [2.24, 2.45) is 5.84 Å². The molecule has 5 nitrogen and oxygen atoms in total. The van der Waals surface area contributed by atoms with Gasteiger partial charge >= 0.3 is 5.91 Å². The molecule has 19 heavy (non-hydrogen) atoms. The Morgan fingerprint density at radius 2 is 2.16 bits per heavy atom. The number of nitrogens with one attached hydrogen (secondary N) is 1. The molecule has 1 amide bonds. The van der Waals surface area contributed by atoms with E-state index >= 15 is 0 Å². The number of nitrogens with zero attached hydrogens (tertiary/aromatic N) is 1. The largest absolute Gasteiger partial charge is 0.454 e. The Hall–Kier alpha value is -2.27. The number of anilines is 1. The van der Waals surface area contributed by atoms with Crippen molar-refractivity contribution in [1.82, 2.24) is 5.43 Å². The summed E-state index contributed by atoms with van der Waals surface area (Å²) in [6.45, 7) is 1.63. The fraction of sp³-hybridized carbons (Fsp3) is 0.214. The van der Waals surface area contributed by atoms with Gasteiger partial charge in [0.1, 0.15) is 5.76 Å². The maximum atomic E-state index is 11.3. The van der Waals surface area contributed by atoms with Crippen LogP contribution in [0.5, 0.6) is 0 Å². The molecule has 0 aliphatic carbocycles. The zero-order chi connectivity index (χ0) is 13.2. The van der Waals surface area contributed by atoms with E-state index in [4.69, 9.17) is 10.3 Å². The molecule has 0 bridgehead atoms. The topological polar surface area (TPSA) is 71.5 Å². The van der Waals surface area contributed by atoms with Crippen molar-refractivity contribution in [3.05, 3.63) is 53.5 Å². The molecule has 1 aromatic carbocycles. The number of hydrogen-bond acceptors (Lipinski definition) is 4. The highest BCUT2D eigenvalue weighted by Crippen LogP contribution is 2.29. The fourth-order valence-electron chi connectivity index (χ4n) is 2.41. The molecule has 0 atom stereocenters. The van der Waals surface area contributed by atoms with Gasteiger partial charge in [-0.15, -0.1) is 0 Å². The average molecular weight is 257 g/mol. The number of hydrazine groups is 1. The molecule has 3 N–H and O–H groups in total. The second-order valence-corrected chi connectivity index (χ2v) is 4.54. The molecule has 0 saturated carbocycles. The number of nitrogens with two attached hydrogens (primary N) is 1. The molecule has 2 aromatic rings. The van der Waals surface area contributed by atoms with Gasteiger partial charge in [-0.3, -0.25) is 10.2 Å². The highest BCUT2D eigenvalue weighted by Gasteiger charge is 2.20. The van der Waals surface area contributed by atoms with Gasteiger partial charge in [0, 0.05) is 12.2 Å². The molecule has 0 fully saturated rings. The number of carbonyl (C=O) groups is 1. The van der Waals surface area contributed by atoms with E-state index in [0.717, 1.165) is 18.7 Å². The third kappa shape index (κ3) is 2.20. The molecule has 0 radical (unpaired) electrons. The minimum Gasteiger partial charge on any atom is -0.454 e. The maximum absolute atomic E-state index is 11.3. The second-order valence-electron chi connectivity index (χ2n) is 4.54. The molecule has 0 spiro atoms. The molecule has 98 valence electrons. The standard InChI is InChI=1S/C14H15N3O2/c15-16-14(18)13-6-5-11(19-13)9-17-8-7-10-3-1-2-4-12(10)17/h1-6H,7-9,15H2,(H,16,18). The molecule has 0 unspecified atom stereocenters. The van der Waals surface area contributed by atoms with Crippen LogP contribution >= 0.6 is 0 Å². The molecule has 0 saturated heterocycles. The Bertz CT molecular complexity index is 606. The van der Waals surface area contributed by atoms with Crippen LogP contribution < -0.4 is 16.2 Å². The molecule has 2 heterocycles. The van der Waals surface area contributed by atoms with Gasteiger partial charge in [0.15, 0.2) is 5.76 Å². The van der Waals surface area contributed by atoms with Crippen molar-refractivity contribution in [2.75, 3.05) is 11.4 Å². The van der Waals surface area contributed by atoms with Crippen LogP contribution in [-0.2, 0) is 13.0 Å². The number of hydrogen-bond donors (Lipinski definition) is 2. The van der Waals surface area contributed by atoms with Gasteiger partial charge in [-0.2, -0.15) is 0 Å². The quantitative estimate of drug-likeness (QED) is 0.496. The number of nitrogen functional groups attached to an aromatic ring is 1. The summed E-state index contributed by atoms with van der Waals surface area (Å²) in [7, 11) is 0. The molecule has 3 rings (SSSR count). The van der Waals surface area contributed by atoms with Crippen LogP contribution in [0.25, 0.3) is 0 Å². The Morgan fingerprint density at radius 1 is 1.32 bits per heavy atom. The third-order valence-corrected chi connectivity index (χ3v) is 3.35. The van der Waals surface area contributed by atoms with E-state index in [1.54, 1.807) is 6.07 Å². The minimum absolute atomic E-state index is 0.241. The van der Waals surface area contributed by atoms with Crippen molar-refractivity contribution >= 4 is 11.6 Å². The van der Waals surface area contributed by atoms with Gasteiger partial charge in [-0.25, -0.2) is 5.84 Å². The number of amides is 1. The van der Waals surface area contributed by atoms with Crippen LogP contribution in [0.15, 0.2) is 40.8 Å². The first kappa shape index (κ1) is 11.8. The summed E-state index contributed by atoms with van der Waals surface area (Å²) in [4.78, 5) is 13.6. The zero-order valence-electron chi connectivity index (χ0n) is 10.4. The lowest BCUT2D eigenvalue weighted by Gasteiger charge is -2.17. The predicted octanol–water partition coefficient (Wildman–Crippen LogP) is 1.45. The number of fused-ring (bicyclic) bond motifs is 1. The Kier molecular flexibility index (Phi) is 2.97. The highest BCUT2D eigenvalue weighted by molar-refractivity contribution is 5.90. The fourth-order valence-corrected chi connectivity index (χ4v) is 2.41. The first-order chi connectivity index (χ1) is 9.28. The minimum atomic E-state index is -0.409. The van der Waals surface area contributed by atoms with E-state index in [9.17, 15) is 4.79 Å². The monoisotopic (exact) mass is 257 g/mol. The lowest BCUT2D eigenvalue weighted by atomic mass is 10.2. The molecule has 1 aromatic heterocycles. The highest BCUT2D eigenvalue weighted by atomic mass is 16.4. The van der Waals surface area contributed by atoms with Crippen LogP contribution in [0.1, 0.15) is 21.9 Å². The zero-order valence-corrected chi connectivity index (χ0v) is 10.4. The Morgan fingerprint density at radius 3 is 3.00 bits per heavy atom. The van der Waals surface area contributed by atoms with Crippen LogP contribution in [0.3, 0.4) is 0 Å². The van der Waals surface area contributed by atoms with Gasteiger partial charge in [0.05, 0.1) is 6.54 Å². The van der Waals surface area contributed by atoms with Gasteiger partial charge in [0.25, 0.3) is 0 Å². The molecule has 1 aliphatic rings. The summed E-state index contributed by atoms with van der Waals surface area (Å²) in [5, 5.41) is 0. The van der Waals surface area contributed by atoms with Gasteiger partial charge in [-0.1, -0.05) is 18.2 Å². The van der Waals surface area contributed by atoms with Gasteiger partial charge in [-0.05, 0) is 30.2 Å². The van der Waals surface area contributed by atoms with Gasteiger partial charge < -0.3 is 9.32 Å². The number of rotatable bonds is 3. The number of para-hydroxylation sites is 1. The normalized spacial score (nSPS) is 13.4. The maximum Gasteiger partial charge on any atom is 0.300 e.